The van der Waals surface area contributed by atoms with E-state index in [9.17, 15) is 5.26 Å². The Labute approximate surface area is 217 Å². The molecule has 0 spiro atoms. The second-order valence-corrected chi connectivity index (χ2v) is 7.68. The number of benzene rings is 2. The first-order valence-electron chi connectivity index (χ1n) is 12.2. The van der Waals surface area contributed by atoms with Gasteiger partial charge in [0.2, 0.25) is 0 Å². The van der Waals surface area contributed by atoms with Gasteiger partial charge in [0, 0.05) is 18.1 Å². The first-order chi connectivity index (χ1) is 18.3. The van der Waals surface area contributed by atoms with Gasteiger partial charge < -0.3 is 33.7 Å². The third-order valence-electron chi connectivity index (χ3n) is 4.90. The standard InChI is InChI=1S/C28H33N3O6/c29-21-24-22-30-25-3-7-27(8-4-25)36-19-17-34-15-13-32-11-1-2-12-33-14-16-35-18-20-37-28-9-5-26(6-10-28)31-23-24/h1-10,22-23,30H,11-20H2/b2-1-,24-22-,31-23?. The number of hydrogen-bond acceptors (Lipinski definition) is 9. The molecule has 0 saturated carbocycles. The lowest BCUT2D eigenvalue weighted by molar-refractivity contribution is 0.0424. The average Bonchev–Trinajstić information content (AvgIpc) is 2.93. The highest BCUT2D eigenvalue weighted by atomic mass is 16.5. The lowest BCUT2D eigenvalue weighted by Crippen LogP contribution is -2.11. The zero-order chi connectivity index (χ0) is 25.8. The van der Waals surface area contributed by atoms with Gasteiger partial charge >= 0.3 is 0 Å². The molecule has 3 aliphatic heterocycles. The quantitative estimate of drug-likeness (QED) is 0.527. The lowest BCUT2D eigenvalue weighted by atomic mass is 10.3. The number of ether oxygens (including phenoxy) is 6. The van der Waals surface area contributed by atoms with Gasteiger partial charge in [-0.2, -0.15) is 5.26 Å². The fourth-order valence-corrected chi connectivity index (χ4v) is 2.99. The highest BCUT2D eigenvalue weighted by molar-refractivity contribution is 5.86. The molecule has 0 saturated heterocycles. The van der Waals surface area contributed by atoms with E-state index in [0.29, 0.717) is 77.3 Å². The maximum absolute atomic E-state index is 9.42. The van der Waals surface area contributed by atoms with Crippen molar-refractivity contribution >= 4 is 17.6 Å². The summed E-state index contributed by atoms with van der Waals surface area (Å²) in [7, 11) is 0. The zero-order valence-corrected chi connectivity index (χ0v) is 20.8. The van der Waals surface area contributed by atoms with E-state index in [1.165, 1.54) is 6.21 Å². The number of hydrogen-bond donors (Lipinski definition) is 1. The molecule has 3 aliphatic rings. The largest absolute Gasteiger partial charge is 0.491 e. The van der Waals surface area contributed by atoms with Crippen molar-refractivity contribution in [2.75, 3.05) is 71.4 Å². The summed E-state index contributed by atoms with van der Waals surface area (Å²) in [6.07, 6.45) is 6.96. The molecule has 196 valence electrons. The number of fused-ring (bicyclic) bond motifs is 2. The smallest absolute Gasteiger partial charge is 0.119 e. The monoisotopic (exact) mass is 507 g/mol. The third kappa shape index (κ3) is 12.2. The first kappa shape index (κ1) is 27.9. The van der Waals surface area contributed by atoms with Gasteiger partial charge in [-0.05, 0) is 48.5 Å². The van der Waals surface area contributed by atoms with Crippen LogP contribution in [0.3, 0.4) is 0 Å². The molecule has 37 heavy (non-hydrogen) atoms. The van der Waals surface area contributed by atoms with Crippen LogP contribution in [0, 0.1) is 11.3 Å². The van der Waals surface area contributed by atoms with E-state index in [-0.39, 0.29) is 0 Å². The van der Waals surface area contributed by atoms with Crippen LogP contribution >= 0.6 is 0 Å². The molecule has 0 aliphatic carbocycles. The van der Waals surface area contributed by atoms with E-state index >= 15 is 0 Å². The Balaban J connectivity index is 1.53. The number of aliphatic imine (C=N–C) groups is 1. The Morgan fingerprint density at radius 1 is 0.649 bits per heavy atom. The zero-order valence-electron chi connectivity index (χ0n) is 20.8. The maximum atomic E-state index is 9.42. The highest BCUT2D eigenvalue weighted by Crippen LogP contribution is 2.18. The van der Waals surface area contributed by atoms with Crippen molar-refractivity contribution in [1.29, 1.82) is 5.26 Å². The van der Waals surface area contributed by atoms with Crippen molar-refractivity contribution < 1.29 is 28.4 Å². The maximum Gasteiger partial charge on any atom is 0.119 e. The normalized spacial score (nSPS) is 19.6. The van der Waals surface area contributed by atoms with Gasteiger partial charge in [-0.15, -0.1) is 0 Å². The number of anilines is 1. The second kappa shape index (κ2) is 17.7. The Bertz CT molecular complexity index is 1030. The molecule has 0 fully saturated rings. The Hall–Kier alpha value is -3.68. The van der Waals surface area contributed by atoms with E-state index in [4.69, 9.17) is 28.4 Å². The molecule has 4 bridgehead atoms. The summed E-state index contributed by atoms with van der Waals surface area (Å²) in [6, 6.07) is 16.9. The minimum absolute atomic E-state index is 0.383. The van der Waals surface area contributed by atoms with Gasteiger partial charge in [0.05, 0.1) is 64.1 Å². The van der Waals surface area contributed by atoms with Crippen LogP contribution in [0.5, 0.6) is 11.5 Å². The van der Waals surface area contributed by atoms with Crippen LogP contribution < -0.4 is 14.8 Å². The van der Waals surface area contributed by atoms with Gasteiger partial charge in [-0.3, -0.25) is 4.99 Å². The molecule has 2 aromatic rings. The van der Waals surface area contributed by atoms with Crippen molar-refractivity contribution in [3.05, 3.63) is 72.5 Å². The Morgan fingerprint density at radius 2 is 1.16 bits per heavy atom. The second-order valence-electron chi connectivity index (χ2n) is 7.68. The Morgan fingerprint density at radius 3 is 1.73 bits per heavy atom. The van der Waals surface area contributed by atoms with E-state index in [1.54, 1.807) is 6.20 Å². The van der Waals surface area contributed by atoms with E-state index in [2.05, 4.69) is 16.4 Å². The molecular weight excluding hydrogens is 474 g/mol. The van der Waals surface area contributed by atoms with Gasteiger partial charge in [-0.25, -0.2) is 0 Å². The van der Waals surface area contributed by atoms with Crippen LogP contribution in [0.1, 0.15) is 0 Å². The van der Waals surface area contributed by atoms with Crippen LogP contribution in [-0.4, -0.2) is 72.3 Å². The summed E-state index contributed by atoms with van der Waals surface area (Å²) in [6.45, 7) is 4.84. The fourth-order valence-electron chi connectivity index (χ4n) is 2.99. The molecule has 0 amide bonds. The summed E-state index contributed by atoms with van der Waals surface area (Å²) in [5.41, 5.74) is 1.92. The molecule has 9 nitrogen and oxygen atoms in total. The average molecular weight is 508 g/mol. The predicted molar refractivity (Wildman–Crippen MR) is 142 cm³/mol. The molecule has 0 radical (unpaired) electrons. The van der Waals surface area contributed by atoms with Crippen LogP contribution in [0.4, 0.5) is 11.4 Å². The topological polar surface area (TPSA) is 104 Å². The summed E-state index contributed by atoms with van der Waals surface area (Å²) >= 11 is 0. The molecule has 0 atom stereocenters. The molecule has 0 aromatic heterocycles. The lowest BCUT2D eigenvalue weighted by Gasteiger charge is -2.08. The Kier molecular flexibility index (Phi) is 13.3. The van der Waals surface area contributed by atoms with Gasteiger partial charge in [0.1, 0.15) is 30.8 Å². The SMILES string of the molecule is N#C/C1=C/Nc2ccc(cc2)OCCOCCOC/C=C\COCCOCCOc2ccc(cc2)N=C1. The van der Waals surface area contributed by atoms with Crippen LogP contribution in [0.15, 0.2) is 77.4 Å². The van der Waals surface area contributed by atoms with Gasteiger partial charge in [0.15, 0.2) is 0 Å². The molecule has 3 heterocycles. The van der Waals surface area contributed by atoms with Crippen molar-refractivity contribution in [2.24, 2.45) is 4.99 Å². The summed E-state index contributed by atoms with van der Waals surface area (Å²) in [4.78, 5) is 4.36. The fraction of sp³-hybridized carbons (Fsp3) is 0.357. The number of nitrogens with one attached hydrogen (secondary N) is 1. The third-order valence-corrected chi connectivity index (χ3v) is 4.90. The van der Waals surface area contributed by atoms with E-state index in [1.807, 2.05) is 60.7 Å². The minimum Gasteiger partial charge on any atom is -0.491 e. The van der Waals surface area contributed by atoms with Crippen molar-refractivity contribution in [2.45, 2.75) is 0 Å². The minimum atomic E-state index is 0.383. The number of rotatable bonds is 0. The number of allylic oxidation sites excluding steroid dienone is 1. The van der Waals surface area contributed by atoms with Crippen molar-refractivity contribution in [3.8, 4) is 17.6 Å². The van der Waals surface area contributed by atoms with Gasteiger partial charge in [-0.1, -0.05) is 12.2 Å². The van der Waals surface area contributed by atoms with Crippen LogP contribution in [0.2, 0.25) is 0 Å². The van der Waals surface area contributed by atoms with Gasteiger partial charge in [0.25, 0.3) is 0 Å². The summed E-state index contributed by atoms with van der Waals surface area (Å²) in [5, 5.41) is 12.5. The predicted octanol–water partition coefficient (Wildman–Crippen LogP) is 4.30. The van der Waals surface area contributed by atoms with Crippen LogP contribution in [-0.2, 0) is 18.9 Å². The van der Waals surface area contributed by atoms with Crippen molar-refractivity contribution in [3.63, 3.8) is 0 Å². The summed E-state index contributed by atoms with van der Waals surface area (Å²) < 4.78 is 33.4. The first-order valence-corrected chi connectivity index (χ1v) is 12.2. The molecule has 2 aromatic carbocycles. The van der Waals surface area contributed by atoms with E-state index < -0.39 is 0 Å². The van der Waals surface area contributed by atoms with Crippen LogP contribution in [0.25, 0.3) is 0 Å². The molecule has 1 N–H and O–H groups in total. The van der Waals surface area contributed by atoms with E-state index in [0.717, 1.165) is 17.2 Å². The molecular formula is C28H33N3O6. The number of nitrogens with zero attached hydrogens (tertiary/aromatic N) is 2. The molecule has 9 heteroatoms. The molecule has 5 rings (SSSR count). The highest BCUT2D eigenvalue weighted by Gasteiger charge is 1.99. The van der Waals surface area contributed by atoms with Crippen molar-refractivity contribution in [1.82, 2.24) is 0 Å². The number of nitriles is 1. The summed E-state index contributed by atoms with van der Waals surface area (Å²) in [5.74, 6) is 1.45. The molecule has 0 unspecified atom stereocenters.